The van der Waals surface area contributed by atoms with Crippen molar-refractivity contribution < 1.29 is 4.79 Å². The summed E-state index contributed by atoms with van der Waals surface area (Å²) in [5.74, 6) is 1.15. The maximum absolute atomic E-state index is 13.9. The molecule has 0 spiro atoms. The lowest BCUT2D eigenvalue weighted by Gasteiger charge is -2.32. The van der Waals surface area contributed by atoms with Gasteiger partial charge < -0.3 is 4.57 Å². The molecule has 0 radical (unpaired) electrons. The average molecular weight is 485 g/mol. The summed E-state index contributed by atoms with van der Waals surface area (Å²) in [6, 6.07) is 9.77. The zero-order chi connectivity index (χ0) is 25.1. The van der Waals surface area contributed by atoms with Gasteiger partial charge in [0.1, 0.15) is 5.82 Å². The number of aryl methyl sites for hydroxylation is 2. The summed E-state index contributed by atoms with van der Waals surface area (Å²) in [6.45, 7) is 2.56. The second-order valence-electron chi connectivity index (χ2n) is 9.12. The van der Waals surface area contributed by atoms with E-state index >= 15 is 0 Å². The van der Waals surface area contributed by atoms with Crippen LogP contribution in [0.2, 0.25) is 0 Å². The molecule has 0 bridgehead atoms. The van der Waals surface area contributed by atoms with E-state index in [0.29, 0.717) is 30.2 Å². The van der Waals surface area contributed by atoms with Gasteiger partial charge in [0.2, 0.25) is 0 Å². The summed E-state index contributed by atoms with van der Waals surface area (Å²) in [7, 11) is 1.84. The van der Waals surface area contributed by atoms with Crippen molar-refractivity contribution in [1.29, 1.82) is 0 Å². The summed E-state index contributed by atoms with van der Waals surface area (Å²) in [4.78, 5) is 29.9. The number of benzene rings is 1. The lowest BCUT2D eigenvalue weighted by atomic mass is 9.76. The third-order valence-corrected chi connectivity index (χ3v) is 6.81. The predicted octanol–water partition coefficient (Wildman–Crippen LogP) is 3.24. The van der Waals surface area contributed by atoms with Crippen molar-refractivity contribution in [3.8, 4) is 17.2 Å². The zero-order valence-corrected chi connectivity index (χ0v) is 20.3. The highest BCUT2D eigenvalue weighted by Crippen LogP contribution is 2.35. The molecule has 4 heterocycles. The first-order chi connectivity index (χ1) is 17.6. The van der Waals surface area contributed by atoms with Crippen molar-refractivity contribution in [2.75, 3.05) is 0 Å². The first kappa shape index (κ1) is 23.4. The van der Waals surface area contributed by atoms with Crippen molar-refractivity contribution in [2.45, 2.75) is 44.6 Å². The van der Waals surface area contributed by atoms with E-state index in [2.05, 4.69) is 50.7 Å². The number of rotatable bonds is 9. The molecule has 10 nitrogen and oxygen atoms in total. The highest BCUT2D eigenvalue weighted by Gasteiger charge is 2.33. The molecule has 1 aliphatic rings. The van der Waals surface area contributed by atoms with Gasteiger partial charge in [-0.05, 0) is 47.4 Å². The van der Waals surface area contributed by atoms with Crippen LogP contribution in [-0.4, -0.2) is 46.8 Å². The van der Waals surface area contributed by atoms with Crippen molar-refractivity contribution >= 4 is 12.5 Å². The smallest absolute Gasteiger partial charge is 0.334 e. The Morgan fingerprint density at radius 2 is 2.14 bits per heavy atom. The van der Waals surface area contributed by atoms with Crippen LogP contribution in [0, 0.1) is 0 Å². The summed E-state index contributed by atoms with van der Waals surface area (Å²) < 4.78 is 5.25. The van der Waals surface area contributed by atoms with E-state index in [1.54, 1.807) is 27.6 Å². The molecule has 4 aromatic rings. The standard InChI is InChI=1S/C26H28N8O2/c1-3-4-8-22-16-33(24-20(17-35)9-14-32(24)2)25(36)34(22)18-26(10-12-27-13-11-26)21-7-5-6-19(15-21)23-28-30-31-29-23/h5-7,9-10,12-17H,3-4,8,11,18H2,1-2H3,(H,28,29,30,31). The lowest BCUT2D eigenvalue weighted by molar-refractivity contribution is 0.112. The van der Waals surface area contributed by atoms with E-state index < -0.39 is 5.41 Å². The number of H-pyrrole nitrogens is 1. The fourth-order valence-electron chi connectivity index (χ4n) is 4.84. The summed E-state index contributed by atoms with van der Waals surface area (Å²) in [5, 5.41) is 14.3. The molecule has 0 amide bonds. The average Bonchev–Trinajstić information content (AvgIpc) is 3.64. The second kappa shape index (κ2) is 9.73. The SMILES string of the molecule is CCCCc1cn(-c2c(C=O)ccn2C)c(=O)n1CC1(c2cccc(-c3nnn[nH]3)c2)C=CN=CC1. The van der Waals surface area contributed by atoms with E-state index in [-0.39, 0.29) is 5.69 Å². The largest absolute Gasteiger partial charge is 0.336 e. The Morgan fingerprint density at radius 3 is 2.86 bits per heavy atom. The topological polar surface area (TPSA) is 116 Å². The Bertz CT molecular complexity index is 1490. The van der Waals surface area contributed by atoms with Crippen LogP contribution in [0.15, 0.2) is 64.8 Å². The number of allylic oxidation sites excluding steroid dienone is 1. The van der Waals surface area contributed by atoms with Crippen LogP contribution >= 0.6 is 0 Å². The number of nitrogens with one attached hydrogen (secondary N) is 1. The number of nitrogens with zero attached hydrogens (tertiary/aromatic N) is 7. The fourth-order valence-corrected chi connectivity index (χ4v) is 4.84. The van der Waals surface area contributed by atoms with Crippen LogP contribution in [0.4, 0.5) is 0 Å². The molecule has 10 heteroatoms. The molecule has 1 aliphatic heterocycles. The van der Waals surface area contributed by atoms with Crippen molar-refractivity contribution in [1.82, 2.24) is 34.3 Å². The maximum atomic E-state index is 13.9. The van der Waals surface area contributed by atoms with Crippen molar-refractivity contribution in [3.63, 3.8) is 0 Å². The Morgan fingerprint density at radius 1 is 1.25 bits per heavy atom. The molecule has 0 saturated heterocycles. The summed E-state index contributed by atoms with van der Waals surface area (Å²) >= 11 is 0. The van der Waals surface area contributed by atoms with Gasteiger partial charge >= 0.3 is 5.69 Å². The first-order valence-corrected chi connectivity index (χ1v) is 12.0. The van der Waals surface area contributed by atoms with Gasteiger partial charge in [0.25, 0.3) is 0 Å². The highest BCUT2D eigenvalue weighted by atomic mass is 16.2. The number of hydrogen-bond donors (Lipinski definition) is 1. The minimum atomic E-state index is -0.496. The van der Waals surface area contributed by atoms with Crippen molar-refractivity contribution in [2.24, 2.45) is 12.0 Å². The summed E-state index contributed by atoms with van der Waals surface area (Å²) in [6.07, 6.45) is 13.6. The molecule has 1 N–H and O–H groups in total. The van der Waals surface area contributed by atoms with Crippen LogP contribution in [0.1, 0.15) is 47.8 Å². The Balaban J connectivity index is 1.63. The number of carbonyl (C=O) groups is 1. The maximum Gasteiger partial charge on any atom is 0.334 e. The number of hydrogen-bond acceptors (Lipinski definition) is 6. The molecule has 184 valence electrons. The first-order valence-electron chi connectivity index (χ1n) is 12.0. The molecule has 0 aliphatic carbocycles. The minimum Gasteiger partial charge on any atom is -0.336 e. The van der Waals surface area contributed by atoms with Gasteiger partial charge in [-0.2, -0.15) is 0 Å². The zero-order valence-electron chi connectivity index (χ0n) is 20.3. The number of tetrazole rings is 1. The number of aliphatic imine (C=N–C) groups is 1. The second-order valence-corrected chi connectivity index (χ2v) is 9.12. The van der Waals surface area contributed by atoms with Crippen LogP contribution < -0.4 is 5.69 Å². The van der Waals surface area contributed by atoms with Crippen LogP contribution in [-0.2, 0) is 25.4 Å². The Kier molecular flexibility index (Phi) is 6.32. The molecule has 5 rings (SSSR count). The number of aromatic nitrogens is 7. The normalized spacial score (nSPS) is 17.1. The Hall–Kier alpha value is -4.34. The number of aldehydes is 1. The minimum absolute atomic E-state index is 0.170. The molecule has 1 aromatic carbocycles. The predicted molar refractivity (Wildman–Crippen MR) is 137 cm³/mol. The molecule has 36 heavy (non-hydrogen) atoms. The van der Waals surface area contributed by atoms with Crippen LogP contribution in [0.25, 0.3) is 17.2 Å². The van der Waals surface area contributed by atoms with E-state index in [9.17, 15) is 9.59 Å². The van der Waals surface area contributed by atoms with Gasteiger partial charge in [-0.15, -0.1) is 5.10 Å². The van der Waals surface area contributed by atoms with Gasteiger partial charge in [-0.25, -0.2) is 9.89 Å². The molecular weight excluding hydrogens is 456 g/mol. The molecule has 0 saturated carbocycles. The van der Waals surface area contributed by atoms with E-state index in [4.69, 9.17) is 0 Å². The van der Waals surface area contributed by atoms with Gasteiger partial charge in [0.05, 0.1) is 5.56 Å². The highest BCUT2D eigenvalue weighted by molar-refractivity contribution is 5.80. The molecular formula is C26H28N8O2. The van der Waals surface area contributed by atoms with E-state index in [1.807, 2.05) is 36.2 Å². The van der Waals surface area contributed by atoms with E-state index in [1.165, 1.54) is 0 Å². The molecule has 1 atom stereocenters. The van der Waals surface area contributed by atoms with Crippen LogP contribution in [0.5, 0.6) is 0 Å². The quantitative estimate of drug-likeness (QED) is 0.366. The fraction of sp³-hybridized carbons (Fsp3) is 0.308. The van der Waals surface area contributed by atoms with Gasteiger partial charge in [-0.3, -0.25) is 18.9 Å². The van der Waals surface area contributed by atoms with Gasteiger partial charge in [0, 0.05) is 55.1 Å². The number of carbonyl (C=O) groups excluding carboxylic acids is 1. The van der Waals surface area contributed by atoms with Gasteiger partial charge in [0.15, 0.2) is 12.1 Å². The summed E-state index contributed by atoms with van der Waals surface area (Å²) in [5.41, 5.74) is 2.65. The van der Waals surface area contributed by atoms with E-state index in [0.717, 1.165) is 42.4 Å². The monoisotopic (exact) mass is 484 g/mol. The third kappa shape index (κ3) is 4.15. The lowest BCUT2D eigenvalue weighted by Crippen LogP contribution is -2.37. The molecule has 3 aromatic heterocycles. The number of imidazole rings is 1. The third-order valence-electron chi connectivity index (χ3n) is 6.81. The molecule has 1 unspecified atom stereocenters. The molecule has 0 fully saturated rings. The van der Waals surface area contributed by atoms with Crippen LogP contribution in [0.3, 0.4) is 0 Å². The number of unbranched alkanes of at least 4 members (excludes halogenated alkanes) is 1. The number of aromatic amines is 1. The Labute approximate surface area is 208 Å². The van der Waals surface area contributed by atoms with Gasteiger partial charge in [-0.1, -0.05) is 37.6 Å². The van der Waals surface area contributed by atoms with Crippen molar-refractivity contribution in [3.05, 3.63) is 82.3 Å².